The molecule has 1 saturated heterocycles. The molecule has 3 rings (SSSR count). The summed E-state index contributed by atoms with van der Waals surface area (Å²) in [5.74, 6) is -2.32. The molecule has 1 aliphatic rings. The van der Waals surface area contributed by atoms with Crippen LogP contribution in [-0.2, 0) is 19.6 Å². The van der Waals surface area contributed by atoms with E-state index in [4.69, 9.17) is 19.4 Å². The standard InChI is InChI=1S/C17H21F2N3O4S.CH2O2/c1-21(2)27(23,24)10-11-8-26-9-14(11)22-7-6-20-17(22)12-4-5-13(18)16(25-3)15(12)19;2-1-3/h4-7,11,14H,8-10H2,1-3H3;1H,(H,2,3)/t11-,14-;/m1./s1. The lowest BCUT2D eigenvalue weighted by atomic mass is 10.1. The van der Waals surface area contributed by atoms with Crippen LogP contribution in [0.3, 0.4) is 0 Å². The van der Waals surface area contributed by atoms with Gasteiger partial charge in [0.1, 0.15) is 5.82 Å². The quantitative estimate of drug-likeness (QED) is 0.670. The molecule has 0 bridgehead atoms. The number of carbonyl (C=O) groups is 1. The molecule has 1 aromatic carbocycles. The van der Waals surface area contributed by atoms with Gasteiger partial charge in [0, 0.05) is 32.4 Å². The summed E-state index contributed by atoms with van der Waals surface area (Å²) in [5.41, 5.74) is 0.0689. The molecule has 0 saturated carbocycles. The second-order valence-electron chi connectivity index (χ2n) is 6.63. The minimum Gasteiger partial charge on any atom is -0.491 e. The van der Waals surface area contributed by atoms with Crippen molar-refractivity contribution in [3.05, 3.63) is 36.2 Å². The molecule has 1 fully saturated rings. The minimum atomic E-state index is -3.43. The minimum absolute atomic E-state index is 0.0689. The Hall–Kier alpha value is -2.57. The Kier molecular flexibility index (Phi) is 7.87. The van der Waals surface area contributed by atoms with Gasteiger partial charge in [0.2, 0.25) is 10.0 Å². The predicted molar refractivity (Wildman–Crippen MR) is 104 cm³/mol. The van der Waals surface area contributed by atoms with E-state index in [0.29, 0.717) is 0 Å². The molecule has 1 aromatic heterocycles. The van der Waals surface area contributed by atoms with Gasteiger partial charge in [-0.1, -0.05) is 0 Å². The van der Waals surface area contributed by atoms with Crippen LogP contribution >= 0.6 is 0 Å². The highest BCUT2D eigenvalue weighted by atomic mass is 32.2. The van der Waals surface area contributed by atoms with Crippen LogP contribution in [0.5, 0.6) is 5.75 Å². The zero-order valence-electron chi connectivity index (χ0n) is 16.7. The van der Waals surface area contributed by atoms with Crippen molar-refractivity contribution >= 4 is 16.5 Å². The Morgan fingerprint density at radius 2 is 2.03 bits per heavy atom. The second-order valence-corrected chi connectivity index (χ2v) is 8.86. The molecule has 0 aliphatic carbocycles. The fraction of sp³-hybridized carbons (Fsp3) is 0.444. The van der Waals surface area contributed by atoms with Crippen molar-refractivity contribution in [3.8, 4) is 17.1 Å². The highest BCUT2D eigenvalue weighted by molar-refractivity contribution is 7.89. The van der Waals surface area contributed by atoms with Crippen molar-refractivity contribution in [1.82, 2.24) is 13.9 Å². The first-order chi connectivity index (χ1) is 14.2. The van der Waals surface area contributed by atoms with Gasteiger partial charge in [-0.15, -0.1) is 0 Å². The normalized spacial score (nSPS) is 18.7. The van der Waals surface area contributed by atoms with Gasteiger partial charge in [0.05, 0.1) is 37.7 Å². The molecular weight excluding hydrogens is 424 g/mol. The van der Waals surface area contributed by atoms with Crippen molar-refractivity contribution in [2.75, 3.05) is 40.2 Å². The SMILES string of the molecule is COc1c(F)ccc(-c2nccn2[C@@H]2COC[C@@H]2CS(=O)(=O)N(C)C)c1F.O=CO. The zero-order valence-corrected chi connectivity index (χ0v) is 17.5. The van der Waals surface area contributed by atoms with Gasteiger partial charge in [-0.3, -0.25) is 4.79 Å². The summed E-state index contributed by atoms with van der Waals surface area (Å²) in [4.78, 5) is 12.6. The van der Waals surface area contributed by atoms with E-state index in [9.17, 15) is 17.2 Å². The third-order valence-electron chi connectivity index (χ3n) is 4.67. The molecule has 0 spiro atoms. The first-order valence-electron chi connectivity index (χ1n) is 8.78. The average molecular weight is 447 g/mol. The molecule has 12 heteroatoms. The van der Waals surface area contributed by atoms with Gasteiger partial charge < -0.3 is 19.1 Å². The fourth-order valence-corrected chi connectivity index (χ4v) is 4.31. The van der Waals surface area contributed by atoms with Crippen LogP contribution in [0.2, 0.25) is 0 Å². The van der Waals surface area contributed by atoms with Crippen LogP contribution in [0.1, 0.15) is 6.04 Å². The maximum absolute atomic E-state index is 14.7. The first kappa shape index (κ1) is 23.7. The molecule has 30 heavy (non-hydrogen) atoms. The number of rotatable bonds is 6. The van der Waals surface area contributed by atoms with Gasteiger partial charge in [0.15, 0.2) is 17.4 Å². The molecular formula is C18H23F2N3O6S. The van der Waals surface area contributed by atoms with Gasteiger partial charge in [-0.2, -0.15) is 0 Å². The van der Waals surface area contributed by atoms with E-state index in [1.165, 1.54) is 37.8 Å². The fourth-order valence-electron chi connectivity index (χ4n) is 3.16. The molecule has 1 aliphatic heterocycles. The third-order valence-corrected chi connectivity index (χ3v) is 6.63. The van der Waals surface area contributed by atoms with Crippen molar-refractivity contribution in [3.63, 3.8) is 0 Å². The lowest BCUT2D eigenvalue weighted by molar-refractivity contribution is -0.122. The zero-order chi connectivity index (χ0) is 22.5. The number of carboxylic acid groups (broad SMARTS) is 1. The van der Waals surface area contributed by atoms with Crippen LogP contribution in [-0.4, -0.2) is 74.0 Å². The molecule has 1 N–H and O–H groups in total. The number of hydrogen-bond acceptors (Lipinski definition) is 6. The molecule has 0 radical (unpaired) electrons. The van der Waals surface area contributed by atoms with Gasteiger partial charge in [0.25, 0.3) is 6.47 Å². The van der Waals surface area contributed by atoms with Gasteiger partial charge in [-0.05, 0) is 12.1 Å². The molecule has 0 unspecified atom stereocenters. The summed E-state index contributed by atoms with van der Waals surface area (Å²) in [6.45, 7) is 0.293. The molecule has 166 valence electrons. The number of imidazole rings is 1. The predicted octanol–water partition coefficient (Wildman–Crippen LogP) is 1.62. The molecule has 2 atom stereocenters. The van der Waals surface area contributed by atoms with Crippen LogP contribution in [0.4, 0.5) is 8.78 Å². The highest BCUT2D eigenvalue weighted by Gasteiger charge is 2.35. The second kappa shape index (κ2) is 9.96. The van der Waals surface area contributed by atoms with Crippen LogP contribution in [0, 0.1) is 17.6 Å². The summed E-state index contributed by atoms with van der Waals surface area (Å²) >= 11 is 0. The van der Waals surface area contributed by atoms with E-state index in [2.05, 4.69) is 4.98 Å². The summed E-state index contributed by atoms with van der Waals surface area (Å²) in [6.07, 6.45) is 3.12. The van der Waals surface area contributed by atoms with Crippen molar-refractivity contribution < 1.29 is 36.6 Å². The maximum atomic E-state index is 14.7. The number of hydrogen-bond donors (Lipinski definition) is 1. The number of ether oxygens (including phenoxy) is 2. The number of methoxy groups -OCH3 is 1. The topological polar surface area (TPSA) is 111 Å². The monoisotopic (exact) mass is 447 g/mol. The van der Waals surface area contributed by atoms with E-state index >= 15 is 0 Å². The summed E-state index contributed by atoms with van der Waals surface area (Å²) < 4.78 is 66.1. The number of halogens is 2. The Morgan fingerprint density at radius 3 is 2.63 bits per heavy atom. The van der Waals surface area contributed by atoms with E-state index in [-0.39, 0.29) is 48.8 Å². The Labute approximate surface area is 172 Å². The molecule has 2 aromatic rings. The van der Waals surface area contributed by atoms with E-state index in [1.54, 1.807) is 10.8 Å². The number of sulfonamides is 1. The Balaban J connectivity index is 0.00000101. The van der Waals surface area contributed by atoms with Crippen molar-refractivity contribution in [2.45, 2.75) is 6.04 Å². The molecule has 2 heterocycles. The number of benzene rings is 1. The van der Waals surface area contributed by atoms with Gasteiger partial charge >= 0.3 is 0 Å². The van der Waals surface area contributed by atoms with E-state index in [1.807, 2.05) is 0 Å². The van der Waals surface area contributed by atoms with E-state index in [0.717, 1.165) is 6.07 Å². The molecule has 9 nitrogen and oxygen atoms in total. The number of nitrogens with zero attached hydrogens (tertiary/aromatic N) is 3. The van der Waals surface area contributed by atoms with Crippen molar-refractivity contribution in [1.29, 1.82) is 0 Å². The Bertz CT molecular complexity index is 980. The smallest absolute Gasteiger partial charge is 0.290 e. The lowest BCUT2D eigenvalue weighted by Crippen LogP contribution is -2.32. The summed E-state index contributed by atoms with van der Waals surface area (Å²) in [7, 11) is 0.704. The highest BCUT2D eigenvalue weighted by Crippen LogP contribution is 2.35. The maximum Gasteiger partial charge on any atom is 0.290 e. The summed E-state index contributed by atoms with van der Waals surface area (Å²) in [5, 5.41) is 6.89. The van der Waals surface area contributed by atoms with Crippen LogP contribution < -0.4 is 4.74 Å². The Morgan fingerprint density at radius 1 is 1.37 bits per heavy atom. The first-order valence-corrected chi connectivity index (χ1v) is 10.4. The van der Waals surface area contributed by atoms with Gasteiger partial charge in [-0.25, -0.2) is 26.5 Å². The molecule has 0 amide bonds. The van der Waals surface area contributed by atoms with E-state index < -0.39 is 27.4 Å². The third kappa shape index (κ3) is 4.94. The summed E-state index contributed by atoms with van der Waals surface area (Å²) in [6, 6.07) is 2.05. The largest absolute Gasteiger partial charge is 0.491 e. The van der Waals surface area contributed by atoms with Crippen LogP contribution in [0.15, 0.2) is 24.5 Å². The van der Waals surface area contributed by atoms with Crippen molar-refractivity contribution in [2.24, 2.45) is 5.92 Å². The average Bonchev–Trinajstić information content (AvgIpc) is 3.31. The number of aromatic nitrogens is 2. The van der Waals surface area contributed by atoms with Crippen LogP contribution in [0.25, 0.3) is 11.4 Å². The lowest BCUT2D eigenvalue weighted by Gasteiger charge is -2.23.